The summed E-state index contributed by atoms with van der Waals surface area (Å²) in [4.78, 5) is 14.2. The maximum absolute atomic E-state index is 12.6. The number of carbonyl (C=O) groups excluding carboxylic acids is 1. The highest BCUT2D eigenvalue weighted by Crippen LogP contribution is 2.26. The zero-order chi connectivity index (χ0) is 19.5. The molecule has 3 aromatic rings. The lowest BCUT2D eigenvalue weighted by molar-refractivity contribution is -0.901. The normalized spacial score (nSPS) is 14.6. The zero-order valence-electron chi connectivity index (χ0n) is 16.8. The highest BCUT2D eigenvalue weighted by Gasteiger charge is 2.17. The molecule has 0 spiro atoms. The van der Waals surface area contributed by atoms with E-state index in [1.807, 2.05) is 0 Å². The largest absolute Gasteiger partial charge is 0.464 e. The Hall–Kier alpha value is -2.59. The molecule has 0 radical (unpaired) electrons. The quantitative estimate of drug-likeness (QED) is 0.693. The number of quaternary nitrogens is 1. The number of likely N-dealkylation sites (tertiary alicyclic amines) is 1. The van der Waals surface area contributed by atoms with E-state index >= 15 is 0 Å². The first-order chi connectivity index (χ1) is 13.6. The van der Waals surface area contributed by atoms with Gasteiger partial charge in [0.2, 0.25) is 5.91 Å². The van der Waals surface area contributed by atoms with Crippen LogP contribution < -0.4 is 10.2 Å². The molecule has 4 heteroatoms. The van der Waals surface area contributed by atoms with Gasteiger partial charge in [-0.05, 0) is 30.5 Å². The van der Waals surface area contributed by atoms with Gasteiger partial charge >= 0.3 is 0 Å². The van der Waals surface area contributed by atoms with Gasteiger partial charge in [-0.25, -0.2) is 0 Å². The third kappa shape index (κ3) is 3.97. The van der Waals surface area contributed by atoms with E-state index in [0.717, 1.165) is 28.6 Å². The summed E-state index contributed by atoms with van der Waals surface area (Å²) < 4.78 is 5.74. The third-order valence-corrected chi connectivity index (χ3v) is 6.04. The van der Waals surface area contributed by atoms with Crippen LogP contribution in [0.4, 0.5) is 0 Å². The Morgan fingerprint density at radius 2 is 1.79 bits per heavy atom. The smallest absolute Gasteiger partial charge is 0.224 e. The van der Waals surface area contributed by atoms with E-state index < -0.39 is 0 Å². The standard InChI is InChI=1S/C24H28N2O2/c1-17-9-10-22-21(16-28-24(22)18(17)2)13-23(27)25-14-19-7-3-4-8-20(19)15-26-11-5-6-12-26/h3-4,7-10,16H,5-6,11-15H2,1-2H3,(H,25,27)/p+1. The summed E-state index contributed by atoms with van der Waals surface area (Å²) in [6.07, 6.45) is 4.72. The third-order valence-electron chi connectivity index (χ3n) is 6.04. The Morgan fingerprint density at radius 1 is 1.04 bits per heavy atom. The molecule has 2 N–H and O–H groups in total. The van der Waals surface area contributed by atoms with E-state index in [1.54, 1.807) is 11.2 Å². The van der Waals surface area contributed by atoms with Crippen LogP contribution in [0.5, 0.6) is 0 Å². The van der Waals surface area contributed by atoms with E-state index in [1.165, 1.54) is 42.6 Å². The molecular weight excluding hydrogens is 348 g/mol. The maximum Gasteiger partial charge on any atom is 0.224 e. The number of carbonyl (C=O) groups is 1. The summed E-state index contributed by atoms with van der Waals surface area (Å²) in [6, 6.07) is 12.6. The average molecular weight is 378 g/mol. The van der Waals surface area contributed by atoms with Crippen molar-refractivity contribution in [2.24, 2.45) is 0 Å². The summed E-state index contributed by atoms with van der Waals surface area (Å²) >= 11 is 0. The number of amides is 1. The fraction of sp³-hybridized carbons (Fsp3) is 0.375. The first-order valence-electron chi connectivity index (χ1n) is 10.2. The van der Waals surface area contributed by atoms with Crippen LogP contribution in [-0.2, 0) is 24.3 Å². The monoisotopic (exact) mass is 377 g/mol. The molecular formula is C24H29N2O2+. The van der Waals surface area contributed by atoms with Crippen molar-refractivity contribution in [2.45, 2.75) is 46.2 Å². The van der Waals surface area contributed by atoms with Crippen molar-refractivity contribution in [3.63, 3.8) is 0 Å². The highest BCUT2D eigenvalue weighted by atomic mass is 16.3. The first kappa shape index (κ1) is 18.8. The number of aryl methyl sites for hydroxylation is 2. The minimum atomic E-state index is 0.0317. The Kier molecular flexibility index (Phi) is 5.49. The van der Waals surface area contributed by atoms with Crippen LogP contribution in [0.15, 0.2) is 47.1 Å². The molecule has 0 atom stereocenters. The molecule has 1 aliphatic heterocycles. The predicted octanol–water partition coefficient (Wildman–Crippen LogP) is 3.09. The lowest BCUT2D eigenvalue weighted by Crippen LogP contribution is -3.08. The Balaban J connectivity index is 1.41. The summed E-state index contributed by atoms with van der Waals surface area (Å²) in [6.45, 7) is 8.28. The van der Waals surface area contributed by atoms with Crippen LogP contribution in [0, 0.1) is 13.8 Å². The number of benzene rings is 2. The van der Waals surface area contributed by atoms with Crippen molar-refractivity contribution in [1.29, 1.82) is 0 Å². The summed E-state index contributed by atoms with van der Waals surface area (Å²) in [5.41, 5.74) is 6.75. The van der Waals surface area contributed by atoms with Gasteiger partial charge < -0.3 is 14.6 Å². The van der Waals surface area contributed by atoms with Crippen molar-refractivity contribution in [1.82, 2.24) is 5.32 Å². The van der Waals surface area contributed by atoms with Crippen molar-refractivity contribution < 1.29 is 14.1 Å². The van der Waals surface area contributed by atoms with Gasteiger partial charge in [-0.1, -0.05) is 36.4 Å². The minimum Gasteiger partial charge on any atom is -0.464 e. The molecule has 146 valence electrons. The summed E-state index contributed by atoms with van der Waals surface area (Å²) in [7, 11) is 0. The number of furan rings is 1. The number of rotatable bonds is 6. The fourth-order valence-electron chi connectivity index (χ4n) is 4.18. The summed E-state index contributed by atoms with van der Waals surface area (Å²) in [5.74, 6) is 0.0317. The number of fused-ring (bicyclic) bond motifs is 1. The van der Waals surface area contributed by atoms with E-state index in [2.05, 4.69) is 55.6 Å². The highest BCUT2D eigenvalue weighted by molar-refractivity contribution is 5.89. The molecule has 1 aliphatic rings. The van der Waals surface area contributed by atoms with Crippen molar-refractivity contribution in [3.05, 3.63) is 70.5 Å². The minimum absolute atomic E-state index is 0.0317. The van der Waals surface area contributed by atoms with Crippen molar-refractivity contribution >= 4 is 16.9 Å². The molecule has 0 unspecified atom stereocenters. The van der Waals surface area contributed by atoms with Gasteiger partial charge in [0.1, 0.15) is 12.1 Å². The Morgan fingerprint density at radius 3 is 2.57 bits per heavy atom. The lowest BCUT2D eigenvalue weighted by Gasteiger charge is -2.15. The number of hydrogen-bond donors (Lipinski definition) is 2. The van der Waals surface area contributed by atoms with Gasteiger partial charge in [-0.3, -0.25) is 4.79 Å². The van der Waals surface area contributed by atoms with Crippen LogP contribution in [0.2, 0.25) is 0 Å². The van der Waals surface area contributed by atoms with E-state index in [0.29, 0.717) is 13.0 Å². The molecule has 2 heterocycles. The molecule has 4 nitrogen and oxygen atoms in total. The van der Waals surface area contributed by atoms with Crippen LogP contribution in [0.1, 0.15) is 40.7 Å². The van der Waals surface area contributed by atoms with Gasteiger partial charge in [0.05, 0.1) is 25.8 Å². The van der Waals surface area contributed by atoms with Crippen LogP contribution in [-0.4, -0.2) is 19.0 Å². The fourth-order valence-corrected chi connectivity index (χ4v) is 4.18. The molecule has 4 rings (SSSR count). The Labute approximate surface area is 166 Å². The van der Waals surface area contributed by atoms with Crippen molar-refractivity contribution in [3.8, 4) is 0 Å². The molecule has 0 saturated carbocycles. The first-order valence-corrected chi connectivity index (χ1v) is 10.2. The van der Waals surface area contributed by atoms with Crippen LogP contribution in [0.3, 0.4) is 0 Å². The summed E-state index contributed by atoms with van der Waals surface area (Å²) in [5, 5.41) is 4.14. The molecule has 0 bridgehead atoms. The lowest BCUT2D eigenvalue weighted by atomic mass is 10.0. The van der Waals surface area contributed by atoms with Crippen LogP contribution in [0.25, 0.3) is 11.0 Å². The second-order valence-electron chi connectivity index (χ2n) is 8.00. The van der Waals surface area contributed by atoms with Crippen molar-refractivity contribution in [2.75, 3.05) is 13.1 Å². The predicted molar refractivity (Wildman–Crippen MR) is 111 cm³/mol. The molecule has 1 amide bonds. The number of nitrogens with one attached hydrogen (secondary N) is 2. The van der Waals surface area contributed by atoms with E-state index in [-0.39, 0.29) is 5.91 Å². The van der Waals surface area contributed by atoms with Gasteiger partial charge in [0.25, 0.3) is 0 Å². The average Bonchev–Trinajstić information content (AvgIpc) is 3.34. The topological polar surface area (TPSA) is 46.7 Å². The number of hydrogen-bond acceptors (Lipinski definition) is 2. The molecule has 1 fully saturated rings. The molecule has 2 aromatic carbocycles. The second-order valence-corrected chi connectivity index (χ2v) is 8.00. The van der Waals surface area contributed by atoms with Gasteiger partial charge in [0, 0.05) is 35.9 Å². The second kappa shape index (κ2) is 8.19. The molecule has 1 saturated heterocycles. The SMILES string of the molecule is Cc1ccc2c(CC(=O)NCc3ccccc3C[NH+]3CCCC3)coc2c1C. The molecule has 0 aliphatic carbocycles. The van der Waals surface area contributed by atoms with Gasteiger partial charge in [0.15, 0.2) is 0 Å². The van der Waals surface area contributed by atoms with E-state index in [9.17, 15) is 4.79 Å². The van der Waals surface area contributed by atoms with Gasteiger partial charge in [-0.15, -0.1) is 0 Å². The molecule has 1 aromatic heterocycles. The molecule has 28 heavy (non-hydrogen) atoms. The Bertz CT molecular complexity index is 983. The zero-order valence-corrected chi connectivity index (χ0v) is 16.8. The van der Waals surface area contributed by atoms with E-state index in [4.69, 9.17) is 4.42 Å². The van der Waals surface area contributed by atoms with Crippen LogP contribution >= 0.6 is 0 Å². The maximum atomic E-state index is 12.6. The van der Waals surface area contributed by atoms with Gasteiger partial charge in [-0.2, -0.15) is 0 Å².